The van der Waals surface area contributed by atoms with Crippen molar-refractivity contribution in [3.05, 3.63) is 0 Å². The van der Waals surface area contributed by atoms with Crippen LogP contribution in [0.5, 0.6) is 0 Å². The summed E-state index contributed by atoms with van der Waals surface area (Å²) in [6.07, 6.45) is -1.27. The summed E-state index contributed by atoms with van der Waals surface area (Å²) in [5.74, 6) is 0. The van der Waals surface area contributed by atoms with Crippen molar-refractivity contribution in [2.45, 2.75) is 26.4 Å². The molecule has 0 aromatic heterocycles. The van der Waals surface area contributed by atoms with Gasteiger partial charge in [-0.05, 0) is 42.0 Å². The Morgan fingerprint density at radius 3 is 1.89 bits per heavy atom. The summed E-state index contributed by atoms with van der Waals surface area (Å²) in [5, 5.41) is 17.6. The van der Waals surface area contributed by atoms with Crippen LogP contribution in [0.4, 0.5) is 0 Å². The first kappa shape index (κ1) is 20.1. The molecule has 6 heteroatoms. The highest BCUT2D eigenvalue weighted by Gasteiger charge is 2.01. The van der Waals surface area contributed by atoms with Gasteiger partial charge >= 0.3 is 0 Å². The van der Waals surface area contributed by atoms with E-state index in [-0.39, 0.29) is 0 Å². The molecule has 0 bridgehead atoms. The van der Waals surface area contributed by atoms with Crippen LogP contribution in [-0.2, 0) is 9.47 Å². The normalized spacial score (nSPS) is 14.3. The maximum absolute atomic E-state index is 8.96. The van der Waals surface area contributed by atoms with Gasteiger partial charge in [-0.15, -0.1) is 0 Å². The topological polar surface area (TPSA) is 65.4 Å². The minimum Gasteiger partial charge on any atom is -0.368 e. The average molecular weight is 266 g/mol. The van der Waals surface area contributed by atoms with Crippen LogP contribution in [0.25, 0.3) is 0 Å². The van der Waals surface area contributed by atoms with Crippen molar-refractivity contribution in [2.24, 2.45) is 0 Å². The number of aliphatic hydroxyl groups excluding tert-OH is 2. The molecular formula is C12H30N2O4. The third-order valence-corrected chi connectivity index (χ3v) is 1.78. The van der Waals surface area contributed by atoms with Crippen LogP contribution in [0.2, 0.25) is 0 Å². The van der Waals surface area contributed by atoms with E-state index >= 15 is 0 Å². The number of likely N-dealkylation sites (N-methyl/N-ethyl adjacent to an activating group) is 2. The molecule has 0 fully saturated rings. The lowest BCUT2D eigenvalue weighted by atomic mass is 10.6. The quantitative estimate of drug-likeness (QED) is 0.594. The zero-order chi connectivity index (χ0) is 14.6. The molecule has 6 nitrogen and oxygen atoms in total. The largest absolute Gasteiger partial charge is 0.368 e. The summed E-state index contributed by atoms with van der Waals surface area (Å²) in [6.45, 7) is 6.03. The van der Waals surface area contributed by atoms with Gasteiger partial charge in [0.1, 0.15) is 0 Å². The molecule has 18 heavy (non-hydrogen) atoms. The Balaban J connectivity index is 0. The van der Waals surface area contributed by atoms with Crippen LogP contribution in [0, 0.1) is 0 Å². The van der Waals surface area contributed by atoms with Gasteiger partial charge < -0.3 is 29.5 Å². The maximum Gasteiger partial charge on any atom is 0.167 e. The Morgan fingerprint density at radius 1 is 1.00 bits per heavy atom. The zero-order valence-electron chi connectivity index (χ0n) is 12.6. The van der Waals surface area contributed by atoms with E-state index in [0.717, 1.165) is 6.54 Å². The predicted octanol–water partition coefficient (Wildman–Crippen LogP) is -0.194. The Morgan fingerprint density at radius 2 is 1.56 bits per heavy atom. The lowest BCUT2D eigenvalue weighted by Crippen LogP contribution is -2.27. The van der Waals surface area contributed by atoms with Crippen LogP contribution >= 0.6 is 0 Å². The molecule has 0 aliphatic carbocycles. The van der Waals surface area contributed by atoms with Crippen LogP contribution < -0.4 is 0 Å². The lowest BCUT2D eigenvalue weighted by molar-refractivity contribution is -0.104. The second kappa shape index (κ2) is 13.2. The number of aliphatic hydroxyl groups is 2. The van der Waals surface area contributed by atoms with Gasteiger partial charge in [0.2, 0.25) is 0 Å². The lowest BCUT2D eigenvalue weighted by Gasteiger charge is -2.14. The van der Waals surface area contributed by atoms with Crippen molar-refractivity contribution in [1.82, 2.24) is 9.80 Å². The summed E-state index contributed by atoms with van der Waals surface area (Å²) >= 11 is 0. The Labute approximate surface area is 111 Å². The molecule has 0 aromatic carbocycles. The first-order valence-electron chi connectivity index (χ1n) is 6.18. The van der Waals surface area contributed by atoms with E-state index in [4.69, 9.17) is 19.7 Å². The van der Waals surface area contributed by atoms with Crippen molar-refractivity contribution in [3.8, 4) is 0 Å². The number of hydrogen-bond donors (Lipinski definition) is 2. The highest BCUT2D eigenvalue weighted by Crippen LogP contribution is 1.87. The Kier molecular flexibility index (Phi) is 14.7. The molecule has 2 unspecified atom stereocenters. The number of nitrogens with zero attached hydrogens (tertiary/aromatic N) is 2. The van der Waals surface area contributed by atoms with Crippen LogP contribution in [-0.4, -0.2) is 87.1 Å². The van der Waals surface area contributed by atoms with E-state index in [9.17, 15) is 0 Å². The molecule has 0 amide bonds. The Bertz CT molecular complexity index is 158. The van der Waals surface area contributed by atoms with Gasteiger partial charge in [-0.25, -0.2) is 0 Å². The second-order valence-electron chi connectivity index (χ2n) is 4.45. The molecule has 0 aliphatic rings. The van der Waals surface area contributed by atoms with Gasteiger partial charge in [-0.3, -0.25) is 0 Å². The van der Waals surface area contributed by atoms with Crippen molar-refractivity contribution in [2.75, 3.05) is 54.5 Å². The summed E-state index contributed by atoms with van der Waals surface area (Å²) in [7, 11) is 7.71. The fourth-order valence-electron chi connectivity index (χ4n) is 0.963. The van der Waals surface area contributed by atoms with E-state index in [2.05, 4.69) is 0 Å². The third-order valence-electron chi connectivity index (χ3n) is 1.78. The van der Waals surface area contributed by atoms with Crippen LogP contribution in [0.15, 0.2) is 0 Å². The molecular weight excluding hydrogens is 236 g/mol. The van der Waals surface area contributed by atoms with E-state index in [1.807, 2.05) is 44.9 Å². The molecule has 0 rings (SSSR count). The maximum atomic E-state index is 8.96. The summed E-state index contributed by atoms with van der Waals surface area (Å²) in [4.78, 5) is 3.88. The standard InChI is InChI=1S/2C6H15NO2/c1-6(8)9-5-4-7(2)3;1-4-9-6(8)5-7(2)3/h2*6,8H,4-5H2,1-3H3. The first-order valence-corrected chi connectivity index (χ1v) is 6.18. The minimum absolute atomic E-state index is 0.563. The molecule has 0 radical (unpaired) electrons. The van der Waals surface area contributed by atoms with Gasteiger partial charge in [0.15, 0.2) is 12.6 Å². The molecule has 2 N–H and O–H groups in total. The predicted molar refractivity (Wildman–Crippen MR) is 72.4 cm³/mol. The number of rotatable bonds is 8. The second-order valence-corrected chi connectivity index (χ2v) is 4.45. The van der Waals surface area contributed by atoms with Crippen LogP contribution in [0.1, 0.15) is 13.8 Å². The highest BCUT2D eigenvalue weighted by molar-refractivity contribution is 4.44. The molecule has 112 valence electrons. The van der Waals surface area contributed by atoms with Gasteiger partial charge in [0.05, 0.1) is 6.61 Å². The SMILES string of the molecule is CC(O)OCCN(C)C.CCOC(O)CN(C)C. The van der Waals surface area contributed by atoms with Crippen molar-refractivity contribution in [1.29, 1.82) is 0 Å². The minimum atomic E-state index is -0.634. The fraction of sp³-hybridized carbons (Fsp3) is 1.00. The van der Waals surface area contributed by atoms with E-state index < -0.39 is 12.6 Å². The van der Waals surface area contributed by atoms with E-state index in [1.54, 1.807) is 6.92 Å². The summed E-state index contributed by atoms with van der Waals surface area (Å²) in [6, 6.07) is 0. The van der Waals surface area contributed by atoms with Crippen molar-refractivity contribution in [3.63, 3.8) is 0 Å². The average Bonchev–Trinajstić information content (AvgIpc) is 2.16. The van der Waals surface area contributed by atoms with Gasteiger partial charge in [0.25, 0.3) is 0 Å². The monoisotopic (exact) mass is 266 g/mol. The number of ether oxygens (including phenoxy) is 2. The fourth-order valence-corrected chi connectivity index (χ4v) is 0.963. The van der Waals surface area contributed by atoms with Crippen LogP contribution in [0.3, 0.4) is 0 Å². The van der Waals surface area contributed by atoms with E-state index in [0.29, 0.717) is 19.8 Å². The molecule has 0 saturated carbocycles. The molecule has 0 aromatic rings. The van der Waals surface area contributed by atoms with Gasteiger partial charge in [-0.2, -0.15) is 0 Å². The van der Waals surface area contributed by atoms with Crippen molar-refractivity contribution >= 4 is 0 Å². The smallest absolute Gasteiger partial charge is 0.167 e. The Hall–Kier alpha value is -0.240. The molecule has 2 atom stereocenters. The third kappa shape index (κ3) is 21.1. The molecule has 0 aliphatic heterocycles. The molecule has 0 saturated heterocycles. The van der Waals surface area contributed by atoms with Gasteiger partial charge in [-0.1, -0.05) is 0 Å². The molecule has 0 heterocycles. The van der Waals surface area contributed by atoms with Gasteiger partial charge in [0, 0.05) is 19.7 Å². The van der Waals surface area contributed by atoms with E-state index in [1.165, 1.54) is 0 Å². The first-order chi connectivity index (χ1) is 8.29. The van der Waals surface area contributed by atoms with Crippen molar-refractivity contribution < 1.29 is 19.7 Å². The summed E-state index contributed by atoms with van der Waals surface area (Å²) in [5.41, 5.74) is 0. The summed E-state index contributed by atoms with van der Waals surface area (Å²) < 4.78 is 9.73. The number of hydrogen-bond acceptors (Lipinski definition) is 6. The molecule has 0 spiro atoms. The zero-order valence-corrected chi connectivity index (χ0v) is 12.6. The highest BCUT2D eigenvalue weighted by atomic mass is 16.6.